The zero-order valence-corrected chi connectivity index (χ0v) is 15.8. The van der Waals surface area contributed by atoms with Crippen LogP contribution in [0.25, 0.3) is 0 Å². The zero-order chi connectivity index (χ0) is 17.1. The third kappa shape index (κ3) is 8.11. The molecule has 2 nitrogen and oxygen atoms in total. The molecular weight excluding hydrogens is 282 g/mol. The minimum Gasteiger partial charge on any atom is -0.497 e. The average molecular weight is 318 g/mol. The summed E-state index contributed by atoms with van der Waals surface area (Å²) in [6.07, 6.45) is 8.60. The van der Waals surface area contributed by atoms with Crippen LogP contribution in [-0.4, -0.2) is 20.2 Å². The van der Waals surface area contributed by atoms with Crippen molar-refractivity contribution in [3.05, 3.63) is 35.9 Å². The first-order valence-electron chi connectivity index (χ1n) is 9.09. The van der Waals surface area contributed by atoms with Crippen molar-refractivity contribution < 1.29 is 4.74 Å². The van der Waals surface area contributed by atoms with E-state index in [9.17, 15) is 0 Å². The van der Waals surface area contributed by atoms with E-state index in [1.54, 1.807) is 7.11 Å². The minimum absolute atomic E-state index is 0.771. The molecule has 0 bridgehead atoms. The number of allylic oxidation sites excluding steroid dienone is 2. The Hall–Kier alpha value is -1.44. The first-order valence-corrected chi connectivity index (χ1v) is 9.09. The zero-order valence-electron chi connectivity index (χ0n) is 15.8. The van der Waals surface area contributed by atoms with E-state index in [-0.39, 0.29) is 0 Å². The normalized spacial score (nSPS) is 11.9. The largest absolute Gasteiger partial charge is 0.497 e. The molecule has 0 N–H and O–H groups in total. The fourth-order valence-electron chi connectivity index (χ4n) is 2.69. The molecule has 1 unspecified atom stereocenters. The molecule has 0 aliphatic carbocycles. The molecule has 0 spiro atoms. The molecule has 0 fully saturated rings. The molecule has 1 atom stereocenters. The number of unbranched alkanes of at least 4 members (excludes halogenated alkanes) is 1. The van der Waals surface area contributed by atoms with Crippen molar-refractivity contribution in [3.8, 4) is 5.75 Å². The number of hydrogen-bond acceptors (Lipinski definition) is 2. The van der Waals surface area contributed by atoms with Gasteiger partial charge in [-0.25, -0.2) is 0 Å². The standard InChI is InChI=1S/C21H35NO/c1-6-7-16-22(20-11-13-21(23-5)14-12-20)17-15-19(4)10-8-9-18(2)3/h9,11-14,19H,6-8,10,15-17H2,1-5H3. The van der Waals surface area contributed by atoms with Gasteiger partial charge in [0.15, 0.2) is 0 Å². The molecule has 0 heterocycles. The lowest BCUT2D eigenvalue weighted by molar-refractivity contribution is 0.414. The number of hydrogen-bond donors (Lipinski definition) is 0. The van der Waals surface area contributed by atoms with Gasteiger partial charge in [0, 0.05) is 18.8 Å². The second-order valence-corrected chi connectivity index (χ2v) is 6.79. The number of benzene rings is 1. The highest BCUT2D eigenvalue weighted by Crippen LogP contribution is 2.21. The van der Waals surface area contributed by atoms with Crippen molar-refractivity contribution in [1.82, 2.24) is 0 Å². The number of ether oxygens (including phenoxy) is 1. The van der Waals surface area contributed by atoms with Gasteiger partial charge in [-0.3, -0.25) is 0 Å². The maximum absolute atomic E-state index is 5.27. The van der Waals surface area contributed by atoms with Crippen LogP contribution < -0.4 is 9.64 Å². The Kier molecular flexibility index (Phi) is 9.51. The quantitative estimate of drug-likeness (QED) is 0.459. The second-order valence-electron chi connectivity index (χ2n) is 6.79. The summed E-state index contributed by atoms with van der Waals surface area (Å²) in [5.74, 6) is 1.70. The van der Waals surface area contributed by atoms with Crippen LogP contribution in [0.4, 0.5) is 5.69 Å². The molecule has 2 heteroatoms. The highest BCUT2D eigenvalue weighted by molar-refractivity contribution is 5.49. The predicted molar refractivity (Wildman–Crippen MR) is 103 cm³/mol. The van der Waals surface area contributed by atoms with E-state index in [1.807, 2.05) is 0 Å². The third-order valence-corrected chi connectivity index (χ3v) is 4.32. The van der Waals surface area contributed by atoms with Crippen LogP contribution in [0.5, 0.6) is 5.75 Å². The summed E-state index contributed by atoms with van der Waals surface area (Å²) < 4.78 is 5.27. The van der Waals surface area contributed by atoms with Gasteiger partial charge in [-0.1, -0.05) is 31.9 Å². The lowest BCUT2D eigenvalue weighted by atomic mass is 10.0. The number of anilines is 1. The fraction of sp³-hybridized carbons (Fsp3) is 0.619. The van der Waals surface area contributed by atoms with E-state index in [4.69, 9.17) is 4.74 Å². The SMILES string of the molecule is CCCCN(CCC(C)CCC=C(C)C)c1ccc(OC)cc1. The highest BCUT2D eigenvalue weighted by atomic mass is 16.5. The van der Waals surface area contributed by atoms with Gasteiger partial charge in [0.1, 0.15) is 5.75 Å². The van der Waals surface area contributed by atoms with Crippen molar-refractivity contribution in [2.45, 2.75) is 59.8 Å². The topological polar surface area (TPSA) is 12.5 Å². The molecule has 0 amide bonds. The number of nitrogens with zero attached hydrogens (tertiary/aromatic N) is 1. The van der Waals surface area contributed by atoms with Crippen LogP contribution in [0, 0.1) is 5.92 Å². The Morgan fingerprint density at radius 3 is 2.39 bits per heavy atom. The van der Waals surface area contributed by atoms with Crippen LogP contribution in [0.15, 0.2) is 35.9 Å². The van der Waals surface area contributed by atoms with E-state index >= 15 is 0 Å². The molecule has 23 heavy (non-hydrogen) atoms. The molecule has 0 aliphatic rings. The van der Waals surface area contributed by atoms with Crippen molar-refractivity contribution in [3.63, 3.8) is 0 Å². The van der Waals surface area contributed by atoms with Crippen LogP contribution >= 0.6 is 0 Å². The van der Waals surface area contributed by atoms with Gasteiger partial charge in [0.25, 0.3) is 0 Å². The van der Waals surface area contributed by atoms with E-state index in [0.29, 0.717) is 0 Å². The molecule has 0 aromatic heterocycles. The molecule has 0 radical (unpaired) electrons. The van der Waals surface area contributed by atoms with Gasteiger partial charge in [-0.15, -0.1) is 0 Å². The molecular formula is C21H35NO. The van der Waals surface area contributed by atoms with Gasteiger partial charge < -0.3 is 9.64 Å². The Balaban J connectivity index is 2.54. The van der Waals surface area contributed by atoms with Crippen molar-refractivity contribution in [2.75, 3.05) is 25.1 Å². The van der Waals surface area contributed by atoms with E-state index in [2.05, 4.69) is 62.9 Å². The van der Waals surface area contributed by atoms with Crippen LogP contribution in [0.3, 0.4) is 0 Å². The summed E-state index contributed by atoms with van der Waals surface area (Å²) in [5.41, 5.74) is 2.75. The maximum Gasteiger partial charge on any atom is 0.119 e. The summed E-state index contributed by atoms with van der Waals surface area (Å²) >= 11 is 0. The van der Waals surface area contributed by atoms with Crippen LogP contribution in [0.2, 0.25) is 0 Å². The number of rotatable bonds is 11. The number of methoxy groups -OCH3 is 1. The third-order valence-electron chi connectivity index (χ3n) is 4.32. The van der Waals surface area contributed by atoms with Gasteiger partial charge in [-0.2, -0.15) is 0 Å². The molecule has 1 aromatic carbocycles. The van der Waals surface area contributed by atoms with Gasteiger partial charge in [0.05, 0.1) is 7.11 Å². The lowest BCUT2D eigenvalue weighted by Gasteiger charge is -2.26. The molecule has 0 aliphatic heterocycles. The summed E-state index contributed by atoms with van der Waals surface area (Å²) in [7, 11) is 1.72. The summed E-state index contributed by atoms with van der Waals surface area (Å²) in [6, 6.07) is 8.49. The van der Waals surface area contributed by atoms with Crippen LogP contribution in [-0.2, 0) is 0 Å². The molecule has 0 saturated heterocycles. The van der Waals surface area contributed by atoms with Crippen molar-refractivity contribution in [2.24, 2.45) is 5.92 Å². The Morgan fingerprint density at radius 1 is 1.13 bits per heavy atom. The van der Waals surface area contributed by atoms with E-state index in [0.717, 1.165) is 24.8 Å². The molecule has 0 saturated carbocycles. The lowest BCUT2D eigenvalue weighted by Crippen LogP contribution is -2.26. The van der Waals surface area contributed by atoms with E-state index < -0.39 is 0 Å². The summed E-state index contributed by atoms with van der Waals surface area (Å²) in [6.45, 7) is 11.3. The fourth-order valence-corrected chi connectivity index (χ4v) is 2.69. The minimum atomic E-state index is 0.771. The monoisotopic (exact) mass is 317 g/mol. The van der Waals surface area contributed by atoms with E-state index in [1.165, 1.54) is 43.4 Å². The predicted octanol–water partition coefficient (Wildman–Crippen LogP) is 6.07. The van der Waals surface area contributed by atoms with Gasteiger partial charge >= 0.3 is 0 Å². The Bertz CT molecular complexity index is 445. The second kappa shape index (κ2) is 11.2. The summed E-state index contributed by atoms with van der Waals surface area (Å²) in [5, 5.41) is 0. The van der Waals surface area contributed by atoms with Crippen molar-refractivity contribution >= 4 is 5.69 Å². The molecule has 130 valence electrons. The Labute approximate surface area is 143 Å². The first-order chi connectivity index (χ1) is 11.1. The summed E-state index contributed by atoms with van der Waals surface area (Å²) in [4.78, 5) is 2.53. The smallest absolute Gasteiger partial charge is 0.119 e. The molecule has 1 rings (SSSR count). The van der Waals surface area contributed by atoms with Gasteiger partial charge in [-0.05, 0) is 69.7 Å². The molecule has 1 aromatic rings. The highest BCUT2D eigenvalue weighted by Gasteiger charge is 2.09. The first kappa shape index (κ1) is 19.6. The average Bonchev–Trinajstić information content (AvgIpc) is 2.55. The Morgan fingerprint density at radius 2 is 1.83 bits per heavy atom. The maximum atomic E-state index is 5.27. The van der Waals surface area contributed by atoms with Gasteiger partial charge in [0.2, 0.25) is 0 Å². The van der Waals surface area contributed by atoms with Crippen LogP contribution in [0.1, 0.15) is 59.8 Å². The van der Waals surface area contributed by atoms with Crippen molar-refractivity contribution in [1.29, 1.82) is 0 Å².